The molecule has 4 N–H and O–H groups in total. The molecule has 2 amide bonds. The number of nitrogens with two attached hydrogens (primary N) is 1. The predicted molar refractivity (Wildman–Crippen MR) is 62.6 cm³/mol. The quantitative estimate of drug-likeness (QED) is 0.723. The van der Waals surface area contributed by atoms with Crippen LogP contribution in [-0.4, -0.2) is 25.4 Å². The Hall–Kier alpha value is -1.27. The van der Waals surface area contributed by atoms with E-state index in [1.807, 2.05) is 0 Å². The number of carbonyl (C=O) groups is 2. The fraction of sp³-hybridized carbons (Fsp3) is 0.250. The van der Waals surface area contributed by atoms with Gasteiger partial charge in [-0.25, -0.2) is 0 Å². The van der Waals surface area contributed by atoms with Crippen molar-refractivity contribution in [2.45, 2.75) is 0 Å². The van der Waals surface area contributed by atoms with Crippen molar-refractivity contribution in [2.24, 2.45) is 5.73 Å². The van der Waals surface area contributed by atoms with Crippen LogP contribution in [0.4, 0.5) is 5.00 Å². The lowest BCUT2D eigenvalue weighted by Crippen LogP contribution is -2.32. The molecule has 0 aliphatic heterocycles. The van der Waals surface area contributed by atoms with Gasteiger partial charge in [0.25, 0.3) is 5.91 Å². The molecule has 0 aliphatic rings. The molecule has 1 aromatic heterocycles. The van der Waals surface area contributed by atoms with Crippen LogP contribution < -0.4 is 16.4 Å². The summed E-state index contributed by atoms with van der Waals surface area (Å²) < 4.78 is 0. The van der Waals surface area contributed by atoms with E-state index in [-0.39, 0.29) is 24.9 Å². The summed E-state index contributed by atoms with van der Waals surface area (Å²) in [6.45, 7) is -0.133. The molecule has 5 nitrogen and oxygen atoms in total. The van der Waals surface area contributed by atoms with Gasteiger partial charge in [0.05, 0.1) is 16.4 Å². The van der Waals surface area contributed by atoms with Crippen LogP contribution in [0.2, 0.25) is 0 Å². The van der Waals surface area contributed by atoms with Crippen LogP contribution in [0.1, 0.15) is 9.67 Å². The SMILES string of the molecule is CNc1ccc(C(=O)NCC(N)=O)s1.Cl. The second-order valence-corrected chi connectivity index (χ2v) is 3.65. The van der Waals surface area contributed by atoms with E-state index in [0.717, 1.165) is 5.00 Å². The second-order valence-electron chi connectivity index (χ2n) is 2.56. The molecule has 0 aromatic carbocycles. The van der Waals surface area contributed by atoms with E-state index < -0.39 is 5.91 Å². The van der Waals surface area contributed by atoms with Crippen LogP contribution in [0.3, 0.4) is 0 Å². The zero-order valence-corrected chi connectivity index (χ0v) is 9.71. The molecule has 1 heterocycles. The molecule has 0 fully saturated rings. The third-order valence-corrected chi connectivity index (χ3v) is 2.60. The number of amides is 2. The maximum absolute atomic E-state index is 11.3. The number of anilines is 1. The highest BCUT2D eigenvalue weighted by Crippen LogP contribution is 2.20. The Balaban J connectivity index is 0.00000196. The van der Waals surface area contributed by atoms with Crippen molar-refractivity contribution in [3.8, 4) is 0 Å². The van der Waals surface area contributed by atoms with Gasteiger partial charge in [0, 0.05) is 7.05 Å². The number of nitrogens with one attached hydrogen (secondary N) is 2. The average Bonchev–Trinajstić information content (AvgIpc) is 2.62. The molecular weight excluding hydrogens is 238 g/mol. The third kappa shape index (κ3) is 4.18. The van der Waals surface area contributed by atoms with E-state index in [1.165, 1.54) is 11.3 Å². The molecule has 0 radical (unpaired) electrons. The smallest absolute Gasteiger partial charge is 0.261 e. The predicted octanol–water partition coefficient (Wildman–Crippen LogP) is 0.427. The van der Waals surface area contributed by atoms with E-state index in [4.69, 9.17) is 5.73 Å². The minimum atomic E-state index is -0.552. The normalized spacial score (nSPS) is 8.87. The molecule has 0 spiro atoms. The molecule has 0 atom stereocenters. The zero-order valence-electron chi connectivity index (χ0n) is 8.07. The van der Waals surface area contributed by atoms with Gasteiger partial charge < -0.3 is 16.4 Å². The highest BCUT2D eigenvalue weighted by atomic mass is 35.5. The molecule has 84 valence electrons. The number of hydrogen-bond acceptors (Lipinski definition) is 4. The van der Waals surface area contributed by atoms with Crippen LogP contribution in [0.25, 0.3) is 0 Å². The molecule has 0 aliphatic carbocycles. The fourth-order valence-electron chi connectivity index (χ4n) is 0.849. The molecule has 0 bridgehead atoms. The zero-order chi connectivity index (χ0) is 10.6. The van der Waals surface area contributed by atoms with Gasteiger partial charge in [-0.3, -0.25) is 9.59 Å². The summed E-state index contributed by atoms with van der Waals surface area (Å²) in [5.74, 6) is -0.834. The Kier molecular flexibility index (Phi) is 5.73. The van der Waals surface area contributed by atoms with Gasteiger partial charge in [-0.05, 0) is 12.1 Å². The topological polar surface area (TPSA) is 84.2 Å². The number of carbonyl (C=O) groups excluding carboxylic acids is 2. The first-order chi connectivity index (χ1) is 6.63. The second kappa shape index (κ2) is 6.26. The first-order valence-corrected chi connectivity index (χ1v) is 4.79. The van der Waals surface area contributed by atoms with Gasteiger partial charge in [0.15, 0.2) is 0 Å². The number of hydrogen-bond donors (Lipinski definition) is 3. The highest BCUT2D eigenvalue weighted by Gasteiger charge is 2.08. The third-order valence-electron chi connectivity index (χ3n) is 1.50. The van der Waals surface area contributed by atoms with Crippen LogP contribution in [0.5, 0.6) is 0 Å². The van der Waals surface area contributed by atoms with Crippen molar-refractivity contribution in [2.75, 3.05) is 18.9 Å². The summed E-state index contributed by atoms with van der Waals surface area (Å²) in [4.78, 5) is 22.3. The number of rotatable bonds is 4. The summed E-state index contributed by atoms with van der Waals surface area (Å²) >= 11 is 1.32. The number of thiophene rings is 1. The Morgan fingerprint density at radius 3 is 2.60 bits per heavy atom. The summed E-state index contributed by atoms with van der Waals surface area (Å²) in [6.07, 6.45) is 0. The van der Waals surface area contributed by atoms with Gasteiger partial charge in [0.2, 0.25) is 5.91 Å². The summed E-state index contributed by atoms with van der Waals surface area (Å²) in [5.41, 5.74) is 4.89. The van der Waals surface area contributed by atoms with E-state index in [9.17, 15) is 9.59 Å². The van der Waals surface area contributed by atoms with Gasteiger partial charge in [-0.1, -0.05) is 0 Å². The lowest BCUT2D eigenvalue weighted by atomic mass is 10.4. The maximum atomic E-state index is 11.3. The van der Waals surface area contributed by atoms with Crippen molar-refractivity contribution in [1.82, 2.24) is 5.32 Å². The molecule has 15 heavy (non-hydrogen) atoms. The lowest BCUT2D eigenvalue weighted by Gasteiger charge is -1.98. The maximum Gasteiger partial charge on any atom is 0.261 e. The molecule has 7 heteroatoms. The van der Waals surface area contributed by atoms with Crippen molar-refractivity contribution >= 4 is 40.6 Å². The minimum absolute atomic E-state index is 0. The van der Waals surface area contributed by atoms with Gasteiger partial charge in [-0.15, -0.1) is 23.7 Å². The first kappa shape index (κ1) is 13.7. The molecule has 0 unspecified atom stereocenters. The van der Waals surface area contributed by atoms with Crippen molar-refractivity contribution < 1.29 is 9.59 Å². The van der Waals surface area contributed by atoms with Gasteiger partial charge in [0.1, 0.15) is 0 Å². The standard InChI is InChI=1S/C8H11N3O2S.ClH/c1-10-7-3-2-5(14-7)8(13)11-4-6(9)12;/h2-3,10H,4H2,1H3,(H2,9,12)(H,11,13);1H. The molecule has 1 rings (SSSR count). The minimum Gasteiger partial charge on any atom is -0.380 e. The molecule has 0 saturated carbocycles. The van der Waals surface area contributed by atoms with E-state index in [0.29, 0.717) is 4.88 Å². The Bertz CT molecular complexity index is 353. The highest BCUT2D eigenvalue weighted by molar-refractivity contribution is 7.17. The average molecular weight is 250 g/mol. The largest absolute Gasteiger partial charge is 0.380 e. The summed E-state index contributed by atoms with van der Waals surface area (Å²) in [7, 11) is 1.77. The van der Waals surface area contributed by atoms with Gasteiger partial charge in [-0.2, -0.15) is 0 Å². The Labute approximate surface area is 97.4 Å². The Morgan fingerprint density at radius 2 is 2.13 bits per heavy atom. The summed E-state index contributed by atoms with van der Waals surface area (Å²) in [6, 6.07) is 3.48. The fourth-order valence-corrected chi connectivity index (χ4v) is 1.62. The van der Waals surface area contributed by atoms with Crippen molar-refractivity contribution in [3.63, 3.8) is 0 Å². The van der Waals surface area contributed by atoms with Crippen LogP contribution in [0, 0.1) is 0 Å². The Morgan fingerprint density at radius 1 is 1.47 bits per heavy atom. The van der Waals surface area contributed by atoms with Crippen molar-refractivity contribution in [1.29, 1.82) is 0 Å². The van der Waals surface area contributed by atoms with E-state index >= 15 is 0 Å². The summed E-state index contributed by atoms with van der Waals surface area (Å²) in [5, 5.41) is 6.22. The lowest BCUT2D eigenvalue weighted by molar-refractivity contribution is -0.117. The van der Waals surface area contributed by atoms with Crippen molar-refractivity contribution in [3.05, 3.63) is 17.0 Å². The molecule has 0 saturated heterocycles. The van der Waals surface area contributed by atoms with Crippen LogP contribution >= 0.6 is 23.7 Å². The van der Waals surface area contributed by atoms with E-state index in [1.54, 1.807) is 19.2 Å². The molecular formula is C8H12ClN3O2S. The van der Waals surface area contributed by atoms with E-state index in [2.05, 4.69) is 10.6 Å². The number of primary amides is 1. The monoisotopic (exact) mass is 249 g/mol. The molecule has 1 aromatic rings. The number of halogens is 1. The van der Waals surface area contributed by atoms with Gasteiger partial charge >= 0.3 is 0 Å². The van der Waals surface area contributed by atoms with Crippen LogP contribution in [-0.2, 0) is 4.79 Å². The van der Waals surface area contributed by atoms with Crippen LogP contribution in [0.15, 0.2) is 12.1 Å². The first-order valence-electron chi connectivity index (χ1n) is 3.97.